The van der Waals surface area contributed by atoms with E-state index in [2.05, 4.69) is 5.32 Å². The second kappa shape index (κ2) is 6.06. The van der Waals surface area contributed by atoms with E-state index in [9.17, 15) is 15.0 Å². The second-order valence-corrected chi connectivity index (χ2v) is 5.32. The number of rotatable bonds is 3. The van der Waals surface area contributed by atoms with Gasteiger partial charge in [-0.05, 0) is 43.5 Å². The van der Waals surface area contributed by atoms with Crippen LogP contribution in [0.5, 0.6) is 5.75 Å². The fraction of sp³-hybridized carbons (Fsp3) is 0.533. The van der Waals surface area contributed by atoms with Crippen molar-refractivity contribution in [2.45, 2.75) is 38.7 Å². The highest BCUT2D eigenvalue weighted by Gasteiger charge is 2.23. The molecule has 0 spiro atoms. The summed E-state index contributed by atoms with van der Waals surface area (Å²) >= 11 is 0. The van der Waals surface area contributed by atoms with Gasteiger partial charge in [-0.1, -0.05) is 12.8 Å². The normalized spacial score (nSPS) is 23.1. The third-order valence-corrected chi connectivity index (χ3v) is 3.85. The Morgan fingerprint density at radius 1 is 1.37 bits per heavy atom. The van der Waals surface area contributed by atoms with E-state index in [1.165, 1.54) is 6.07 Å². The molecule has 1 aliphatic carbocycles. The molecular weight excluding hydrogens is 242 g/mol. The number of benzene rings is 1. The minimum Gasteiger partial charge on any atom is -0.508 e. The fourth-order valence-electron chi connectivity index (χ4n) is 2.65. The Morgan fingerprint density at radius 2 is 2.11 bits per heavy atom. The molecule has 0 heterocycles. The number of hydrogen-bond donors (Lipinski definition) is 3. The molecular formula is C15H21NO3. The first-order valence-corrected chi connectivity index (χ1v) is 6.84. The zero-order chi connectivity index (χ0) is 13.8. The Kier molecular flexibility index (Phi) is 4.43. The van der Waals surface area contributed by atoms with Crippen LogP contribution in [0.15, 0.2) is 18.2 Å². The highest BCUT2D eigenvalue weighted by atomic mass is 16.3. The average molecular weight is 263 g/mol. The van der Waals surface area contributed by atoms with E-state index < -0.39 is 0 Å². The largest absolute Gasteiger partial charge is 0.508 e. The summed E-state index contributed by atoms with van der Waals surface area (Å²) in [6.07, 6.45) is 3.70. The summed E-state index contributed by atoms with van der Waals surface area (Å²) in [5.41, 5.74) is 1.32. The number of phenolic OH excluding ortho intramolecular Hbond substituents is 1. The molecule has 2 unspecified atom stereocenters. The number of hydrogen-bond acceptors (Lipinski definition) is 3. The Hall–Kier alpha value is -1.55. The first kappa shape index (κ1) is 13.9. The van der Waals surface area contributed by atoms with Gasteiger partial charge < -0.3 is 15.5 Å². The van der Waals surface area contributed by atoms with Crippen molar-refractivity contribution < 1.29 is 15.0 Å². The van der Waals surface area contributed by atoms with Gasteiger partial charge in [0.25, 0.3) is 5.91 Å². The topological polar surface area (TPSA) is 69.6 Å². The van der Waals surface area contributed by atoms with Crippen LogP contribution >= 0.6 is 0 Å². The molecule has 0 saturated heterocycles. The number of carbonyl (C=O) groups is 1. The lowest BCUT2D eigenvalue weighted by molar-refractivity contribution is 0.0663. The van der Waals surface area contributed by atoms with E-state index in [-0.39, 0.29) is 23.7 Å². The smallest absolute Gasteiger partial charge is 0.251 e. The van der Waals surface area contributed by atoms with Crippen LogP contribution in [0, 0.1) is 12.8 Å². The highest BCUT2D eigenvalue weighted by Crippen LogP contribution is 2.24. The molecule has 104 valence electrons. The lowest BCUT2D eigenvalue weighted by Crippen LogP contribution is -2.36. The first-order chi connectivity index (χ1) is 9.08. The number of aliphatic hydroxyl groups excluding tert-OH is 1. The van der Waals surface area contributed by atoms with Gasteiger partial charge in [-0.3, -0.25) is 4.79 Å². The van der Waals surface area contributed by atoms with Crippen molar-refractivity contribution in [1.82, 2.24) is 5.32 Å². The van der Waals surface area contributed by atoms with Crippen molar-refractivity contribution in [3.8, 4) is 5.75 Å². The van der Waals surface area contributed by atoms with Crippen LogP contribution in [0.25, 0.3) is 0 Å². The molecule has 0 bridgehead atoms. The summed E-state index contributed by atoms with van der Waals surface area (Å²) in [4.78, 5) is 12.1. The second-order valence-electron chi connectivity index (χ2n) is 5.32. The molecule has 0 aromatic heterocycles. The molecule has 1 amide bonds. The Balaban J connectivity index is 1.93. The van der Waals surface area contributed by atoms with Crippen LogP contribution in [0.2, 0.25) is 0 Å². The summed E-state index contributed by atoms with van der Waals surface area (Å²) in [5.74, 6) is 0.183. The van der Waals surface area contributed by atoms with Crippen molar-refractivity contribution in [1.29, 1.82) is 0 Å². The average Bonchev–Trinajstić information content (AvgIpc) is 2.37. The van der Waals surface area contributed by atoms with Crippen LogP contribution in [-0.4, -0.2) is 28.8 Å². The highest BCUT2D eigenvalue weighted by molar-refractivity contribution is 5.95. The van der Waals surface area contributed by atoms with Crippen molar-refractivity contribution in [2.24, 2.45) is 5.92 Å². The van der Waals surface area contributed by atoms with E-state index in [4.69, 9.17) is 0 Å². The van der Waals surface area contributed by atoms with Crippen LogP contribution in [0.4, 0.5) is 0 Å². The standard InChI is InChI=1S/C15H21NO3/c1-10-8-12(17)6-7-13(10)15(19)16-9-11-4-2-3-5-14(11)18/h6-8,11,14,17-18H,2-5,9H2,1H3,(H,16,19). The molecule has 4 heteroatoms. The van der Waals surface area contributed by atoms with E-state index in [0.29, 0.717) is 12.1 Å². The van der Waals surface area contributed by atoms with Crippen molar-refractivity contribution in [3.63, 3.8) is 0 Å². The molecule has 3 N–H and O–H groups in total. The van der Waals surface area contributed by atoms with Gasteiger partial charge in [-0.2, -0.15) is 0 Å². The SMILES string of the molecule is Cc1cc(O)ccc1C(=O)NCC1CCCCC1O. The summed E-state index contributed by atoms with van der Waals surface area (Å²) < 4.78 is 0. The van der Waals surface area contributed by atoms with Crippen molar-refractivity contribution in [2.75, 3.05) is 6.54 Å². The van der Waals surface area contributed by atoms with E-state index in [1.54, 1.807) is 19.1 Å². The monoisotopic (exact) mass is 263 g/mol. The number of aliphatic hydroxyl groups is 1. The summed E-state index contributed by atoms with van der Waals surface area (Å²) in [6, 6.07) is 4.71. The Morgan fingerprint density at radius 3 is 2.79 bits per heavy atom. The van der Waals surface area contributed by atoms with Gasteiger partial charge in [0.15, 0.2) is 0 Å². The van der Waals surface area contributed by atoms with Crippen molar-refractivity contribution in [3.05, 3.63) is 29.3 Å². The van der Waals surface area contributed by atoms with Crippen LogP contribution in [0.1, 0.15) is 41.6 Å². The molecule has 1 aromatic rings. The van der Waals surface area contributed by atoms with Gasteiger partial charge in [0.2, 0.25) is 0 Å². The summed E-state index contributed by atoms with van der Waals surface area (Å²) in [6.45, 7) is 2.31. The molecule has 4 nitrogen and oxygen atoms in total. The lowest BCUT2D eigenvalue weighted by atomic mass is 9.86. The Bertz CT molecular complexity index is 459. The van der Waals surface area contributed by atoms with E-state index >= 15 is 0 Å². The predicted molar refractivity (Wildman–Crippen MR) is 73.1 cm³/mol. The van der Waals surface area contributed by atoms with E-state index in [1.807, 2.05) is 0 Å². The maximum absolute atomic E-state index is 12.1. The number of amides is 1. The van der Waals surface area contributed by atoms with Gasteiger partial charge in [-0.25, -0.2) is 0 Å². The minimum atomic E-state index is -0.296. The third kappa shape index (κ3) is 3.47. The molecule has 1 saturated carbocycles. The summed E-state index contributed by atoms with van der Waals surface area (Å²) in [5, 5.41) is 22.1. The molecule has 2 rings (SSSR count). The van der Waals surface area contributed by atoms with Gasteiger partial charge in [-0.15, -0.1) is 0 Å². The predicted octanol–water partition coefficient (Wildman–Crippen LogP) is 1.98. The molecule has 0 aliphatic heterocycles. The minimum absolute atomic E-state index is 0.143. The van der Waals surface area contributed by atoms with Crippen LogP contribution < -0.4 is 5.32 Å². The molecule has 19 heavy (non-hydrogen) atoms. The van der Waals surface area contributed by atoms with Gasteiger partial charge in [0, 0.05) is 18.0 Å². The first-order valence-electron chi connectivity index (χ1n) is 6.84. The number of carbonyl (C=O) groups excluding carboxylic acids is 1. The maximum Gasteiger partial charge on any atom is 0.251 e. The van der Waals surface area contributed by atoms with Gasteiger partial charge in [0.1, 0.15) is 5.75 Å². The maximum atomic E-state index is 12.1. The molecule has 1 aromatic carbocycles. The Labute approximate surface area is 113 Å². The third-order valence-electron chi connectivity index (χ3n) is 3.85. The summed E-state index contributed by atoms with van der Waals surface area (Å²) in [7, 11) is 0. The van der Waals surface area contributed by atoms with E-state index in [0.717, 1.165) is 31.2 Å². The van der Waals surface area contributed by atoms with Crippen molar-refractivity contribution >= 4 is 5.91 Å². The fourth-order valence-corrected chi connectivity index (χ4v) is 2.65. The van der Waals surface area contributed by atoms with Gasteiger partial charge in [0.05, 0.1) is 6.10 Å². The van der Waals surface area contributed by atoms with Gasteiger partial charge >= 0.3 is 0 Å². The zero-order valence-electron chi connectivity index (χ0n) is 11.2. The quantitative estimate of drug-likeness (QED) is 0.781. The zero-order valence-corrected chi connectivity index (χ0v) is 11.2. The number of aryl methyl sites for hydroxylation is 1. The lowest BCUT2D eigenvalue weighted by Gasteiger charge is -2.27. The molecule has 0 radical (unpaired) electrons. The van der Waals surface area contributed by atoms with Crippen LogP contribution in [-0.2, 0) is 0 Å². The number of nitrogens with one attached hydrogen (secondary N) is 1. The molecule has 1 fully saturated rings. The van der Waals surface area contributed by atoms with Crippen LogP contribution in [0.3, 0.4) is 0 Å². The molecule has 2 atom stereocenters. The molecule has 1 aliphatic rings. The number of phenols is 1. The number of aromatic hydroxyl groups is 1.